The van der Waals surface area contributed by atoms with Gasteiger partial charge in [0.05, 0.1) is 25.8 Å². The number of hydrogen-bond acceptors (Lipinski definition) is 5. The summed E-state index contributed by atoms with van der Waals surface area (Å²) in [6, 6.07) is 9.57. The molecule has 3 nitrogen and oxygen atoms in total. The third kappa shape index (κ3) is 2.78. The molecule has 1 aromatic carbocycles. The van der Waals surface area contributed by atoms with Gasteiger partial charge in [-0.3, -0.25) is 0 Å². The molecule has 3 fully saturated rings. The fraction of sp³-hybridized carbons (Fsp3) is 0.700. The fourth-order valence-corrected chi connectivity index (χ4v) is 11.7. The summed E-state index contributed by atoms with van der Waals surface area (Å²) in [5, 5.41) is 12.1. The largest absolute Gasteiger partial charge is 0.387 e. The molecule has 1 saturated carbocycles. The van der Waals surface area contributed by atoms with Crippen LogP contribution in [0.2, 0.25) is 0 Å². The maximum Gasteiger partial charge on any atom is 0.0934 e. The zero-order chi connectivity index (χ0) is 18.3. The topological polar surface area (TPSA) is 49.7 Å². The highest BCUT2D eigenvalue weighted by atomic mass is 32.2. The molecule has 1 N–H and O–H groups in total. The van der Waals surface area contributed by atoms with E-state index in [1.54, 1.807) is 7.05 Å². The highest BCUT2D eigenvalue weighted by Gasteiger charge is 2.67. The first-order valence-electron chi connectivity index (χ1n) is 9.68. The first-order valence-corrected chi connectivity index (χ1v) is 13.3. The van der Waals surface area contributed by atoms with Crippen LogP contribution in [0.5, 0.6) is 0 Å². The maximum atomic E-state index is 13.8. The van der Waals surface area contributed by atoms with Crippen LogP contribution in [-0.4, -0.2) is 48.7 Å². The Bertz CT molecular complexity index is 761. The molecular formula is C20H29NO2S3. The van der Waals surface area contributed by atoms with Crippen molar-refractivity contribution in [3.63, 3.8) is 0 Å². The van der Waals surface area contributed by atoms with Crippen molar-refractivity contribution in [2.75, 3.05) is 24.3 Å². The number of rotatable bonds is 3. The number of thioether (sulfide) groups is 2. The highest BCUT2D eigenvalue weighted by molar-refractivity contribution is 8.05. The monoisotopic (exact) mass is 411 g/mol. The number of fused-ring (bicyclic) bond motifs is 1. The Kier molecular flexibility index (Phi) is 5.17. The predicted octanol–water partition coefficient (Wildman–Crippen LogP) is 4.59. The van der Waals surface area contributed by atoms with Gasteiger partial charge >= 0.3 is 0 Å². The Labute approximate surface area is 166 Å². The van der Waals surface area contributed by atoms with Gasteiger partial charge in [0.25, 0.3) is 0 Å². The summed E-state index contributed by atoms with van der Waals surface area (Å²) in [5.74, 6) is 2.58. The summed E-state index contributed by atoms with van der Waals surface area (Å²) in [7, 11) is -0.972. The van der Waals surface area contributed by atoms with E-state index in [1.807, 2.05) is 42.1 Å². The predicted molar refractivity (Wildman–Crippen MR) is 114 cm³/mol. The number of benzene rings is 1. The van der Waals surface area contributed by atoms with Gasteiger partial charge in [0, 0.05) is 16.7 Å². The minimum atomic E-state index is -2.62. The van der Waals surface area contributed by atoms with Crippen molar-refractivity contribution in [3.8, 4) is 0 Å². The lowest BCUT2D eigenvalue weighted by atomic mass is 9.65. The van der Waals surface area contributed by atoms with Crippen LogP contribution in [0.1, 0.15) is 44.9 Å². The van der Waals surface area contributed by atoms with Crippen molar-refractivity contribution in [1.82, 2.24) is 0 Å². The van der Waals surface area contributed by atoms with Crippen LogP contribution < -0.4 is 0 Å². The Morgan fingerprint density at radius 2 is 1.73 bits per heavy atom. The average molecular weight is 412 g/mol. The van der Waals surface area contributed by atoms with E-state index in [9.17, 15) is 9.32 Å². The molecule has 0 radical (unpaired) electrons. The van der Waals surface area contributed by atoms with Crippen molar-refractivity contribution in [3.05, 3.63) is 30.3 Å². The molecule has 2 spiro atoms. The maximum absolute atomic E-state index is 13.8. The van der Waals surface area contributed by atoms with E-state index in [1.165, 1.54) is 25.0 Å². The van der Waals surface area contributed by atoms with E-state index in [2.05, 4.69) is 16.1 Å². The molecule has 1 aliphatic carbocycles. The molecule has 3 aliphatic rings. The van der Waals surface area contributed by atoms with Gasteiger partial charge in [0.15, 0.2) is 0 Å². The SMILES string of the molecule is CN=[S@@](=O)(C[C@@]1(O)CCC[C@]2(CCCS2)[C@@]12CCCS2)c1ccccc1. The molecule has 0 bridgehead atoms. The summed E-state index contributed by atoms with van der Waals surface area (Å²) < 4.78 is 18.2. The molecule has 1 aromatic rings. The van der Waals surface area contributed by atoms with Gasteiger partial charge < -0.3 is 5.11 Å². The molecule has 2 saturated heterocycles. The van der Waals surface area contributed by atoms with Crippen molar-refractivity contribution in [2.45, 2.75) is 64.9 Å². The second-order valence-corrected chi connectivity index (χ2v) is 13.2. The van der Waals surface area contributed by atoms with Crippen LogP contribution in [0.15, 0.2) is 39.6 Å². The summed E-state index contributed by atoms with van der Waals surface area (Å²) >= 11 is 4.07. The summed E-state index contributed by atoms with van der Waals surface area (Å²) in [5.41, 5.74) is -0.907. The van der Waals surface area contributed by atoms with Crippen LogP contribution >= 0.6 is 23.5 Å². The summed E-state index contributed by atoms with van der Waals surface area (Å²) in [6.45, 7) is 0. The zero-order valence-corrected chi connectivity index (χ0v) is 17.9. The summed E-state index contributed by atoms with van der Waals surface area (Å²) in [6.07, 6.45) is 7.63. The van der Waals surface area contributed by atoms with Gasteiger partial charge in [-0.1, -0.05) is 18.2 Å². The van der Waals surface area contributed by atoms with Gasteiger partial charge in [-0.25, -0.2) is 8.57 Å². The first-order chi connectivity index (χ1) is 12.5. The minimum Gasteiger partial charge on any atom is -0.387 e. The van der Waals surface area contributed by atoms with E-state index in [0.717, 1.165) is 36.3 Å². The smallest absolute Gasteiger partial charge is 0.0934 e. The summed E-state index contributed by atoms with van der Waals surface area (Å²) in [4.78, 5) is 0.757. The molecule has 2 heterocycles. The van der Waals surface area contributed by atoms with Gasteiger partial charge in [-0.05, 0) is 68.6 Å². The Hall–Kier alpha value is -0.170. The second-order valence-electron chi connectivity index (χ2n) is 7.89. The lowest BCUT2D eigenvalue weighted by Gasteiger charge is -2.58. The Balaban J connectivity index is 1.77. The van der Waals surface area contributed by atoms with E-state index >= 15 is 0 Å². The van der Waals surface area contributed by atoms with Gasteiger partial charge in [-0.15, -0.1) is 0 Å². The Morgan fingerprint density at radius 1 is 1.04 bits per heavy atom. The standard InChI is InChI=1S/C20H29NO2S3/c1-21-26(23,17-8-3-2-4-9-17)16-18(22)10-5-11-19(12-6-14-24-19)20(18)13-7-15-25-20/h2-4,8-9,22H,5-7,10-16H2,1H3/t18-,19-,20+,26+/m0/s1. The quantitative estimate of drug-likeness (QED) is 0.790. The van der Waals surface area contributed by atoms with Gasteiger partial charge in [-0.2, -0.15) is 23.5 Å². The molecule has 4 rings (SSSR count). The molecule has 0 aromatic heterocycles. The third-order valence-electron chi connectivity index (χ3n) is 6.62. The van der Waals surface area contributed by atoms with Crippen LogP contribution in [0.25, 0.3) is 0 Å². The Morgan fingerprint density at radius 3 is 2.35 bits per heavy atom. The number of hydrogen-bond donors (Lipinski definition) is 1. The van der Waals surface area contributed by atoms with Crippen LogP contribution in [0.4, 0.5) is 0 Å². The fourth-order valence-electron chi connectivity index (χ4n) is 5.47. The molecule has 26 heavy (non-hydrogen) atoms. The normalized spacial score (nSPS) is 39.3. The first kappa shape index (κ1) is 19.2. The lowest BCUT2D eigenvalue weighted by Crippen LogP contribution is -2.67. The molecular weight excluding hydrogens is 382 g/mol. The zero-order valence-electron chi connectivity index (χ0n) is 15.5. The number of aliphatic hydroxyl groups is 1. The molecule has 2 aliphatic heterocycles. The van der Waals surface area contributed by atoms with Crippen molar-refractivity contribution < 1.29 is 9.32 Å². The highest BCUT2D eigenvalue weighted by Crippen LogP contribution is 2.66. The average Bonchev–Trinajstić information content (AvgIpc) is 3.32. The minimum absolute atomic E-state index is 0.159. The lowest BCUT2D eigenvalue weighted by molar-refractivity contribution is -0.0260. The number of nitrogens with zero attached hydrogens (tertiary/aromatic N) is 1. The molecule has 6 heteroatoms. The molecule has 0 unspecified atom stereocenters. The van der Waals surface area contributed by atoms with Crippen LogP contribution in [0.3, 0.4) is 0 Å². The van der Waals surface area contributed by atoms with Crippen molar-refractivity contribution >= 4 is 33.3 Å². The van der Waals surface area contributed by atoms with Gasteiger partial charge in [0.1, 0.15) is 0 Å². The second kappa shape index (κ2) is 7.02. The molecule has 0 amide bonds. The van der Waals surface area contributed by atoms with Crippen molar-refractivity contribution in [2.24, 2.45) is 4.36 Å². The molecule has 144 valence electrons. The van der Waals surface area contributed by atoms with E-state index in [4.69, 9.17) is 0 Å². The van der Waals surface area contributed by atoms with E-state index in [0.29, 0.717) is 0 Å². The van der Waals surface area contributed by atoms with E-state index < -0.39 is 15.3 Å². The van der Waals surface area contributed by atoms with Gasteiger partial charge in [0.2, 0.25) is 0 Å². The van der Waals surface area contributed by atoms with Crippen molar-refractivity contribution in [1.29, 1.82) is 0 Å². The third-order valence-corrected chi connectivity index (χ3v) is 13.0. The van der Waals surface area contributed by atoms with E-state index in [-0.39, 0.29) is 15.2 Å². The van der Waals surface area contributed by atoms with Crippen LogP contribution in [-0.2, 0) is 9.73 Å². The molecule has 4 atom stereocenters. The van der Waals surface area contributed by atoms with Crippen LogP contribution in [0, 0.1) is 0 Å².